The molecule has 0 saturated carbocycles. The second-order valence-electron chi connectivity index (χ2n) is 6.47. The molecular weight excluding hydrogens is 316 g/mol. The molecule has 23 heavy (non-hydrogen) atoms. The maximum Gasteiger partial charge on any atom is 0.317 e. The van der Waals surface area contributed by atoms with E-state index in [4.69, 9.17) is 0 Å². The molecule has 0 aliphatic carbocycles. The Morgan fingerprint density at radius 1 is 1.22 bits per heavy atom. The fourth-order valence-corrected chi connectivity index (χ4v) is 3.85. The van der Waals surface area contributed by atoms with Gasteiger partial charge in [0.2, 0.25) is 10.0 Å². The van der Waals surface area contributed by atoms with E-state index in [0.29, 0.717) is 32.6 Å². The van der Waals surface area contributed by atoms with Crippen molar-refractivity contribution in [3.63, 3.8) is 0 Å². The van der Waals surface area contributed by atoms with E-state index >= 15 is 0 Å². The molecule has 132 valence electrons. The molecule has 1 atom stereocenters. The summed E-state index contributed by atoms with van der Waals surface area (Å²) in [5.41, 5.74) is 1.27. The van der Waals surface area contributed by atoms with E-state index in [0.717, 1.165) is 19.5 Å². The fraction of sp³-hybridized carbons (Fsp3) is 0.800. The van der Waals surface area contributed by atoms with Crippen LogP contribution in [0.5, 0.6) is 0 Å². The van der Waals surface area contributed by atoms with Crippen LogP contribution in [0.25, 0.3) is 0 Å². The Morgan fingerprint density at radius 3 is 2.57 bits per heavy atom. The first-order valence-corrected chi connectivity index (χ1v) is 10.00. The summed E-state index contributed by atoms with van der Waals surface area (Å²) in [6.45, 7) is 5.82. The largest absolute Gasteiger partial charge is 0.332 e. The van der Waals surface area contributed by atoms with Crippen LogP contribution in [0.1, 0.15) is 19.8 Å². The molecule has 8 heteroatoms. The number of nitrogens with one attached hydrogen (secondary N) is 1. The van der Waals surface area contributed by atoms with Crippen molar-refractivity contribution < 1.29 is 13.2 Å². The lowest BCUT2D eigenvalue weighted by atomic mass is 10.0. The Morgan fingerprint density at radius 2 is 1.96 bits per heavy atom. The molecule has 2 aliphatic heterocycles. The molecule has 0 bridgehead atoms. The highest BCUT2D eigenvalue weighted by Crippen LogP contribution is 2.14. The van der Waals surface area contributed by atoms with Crippen molar-refractivity contribution in [3.8, 4) is 0 Å². The van der Waals surface area contributed by atoms with Gasteiger partial charge in [0.15, 0.2) is 0 Å². The van der Waals surface area contributed by atoms with Crippen LogP contribution >= 0.6 is 0 Å². The Balaban J connectivity index is 1.88. The maximum absolute atomic E-state index is 12.4. The van der Waals surface area contributed by atoms with E-state index in [1.807, 2.05) is 6.92 Å². The van der Waals surface area contributed by atoms with Gasteiger partial charge in [0.25, 0.3) is 0 Å². The molecule has 0 aromatic heterocycles. The summed E-state index contributed by atoms with van der Waals surface area (Å²) in [5.74, 6) is 0. The highest BCUT2D eigenvalue weighted by atomic mass is 32.2. The molecule has 2 rings (SSSR count). The molecule has 2 aliphatic rings. The fourth-order valence-electron chi connectivity index (χ4n) is 2.98. The number of carbonyl (C=O) groups excluding carboxylic acids is 1. The van der Waals surface area contributed by atoms with Crippen LogP contribution < -0.4 is 5.32 Å². The molecule has 0 aromatic rings. The Hall–Kier alpha value is -1.12. The average molecular weight is 344 g/mol. The molecular formula is C15H28N4O3S. The highest BCUT2D eigenvalue weighted by molar-refractivity contribution is 7.88. The predicted octanol–water partition coefficient (Wildman–Crippen LogP) is 0.314. The third-order valence-corrected chi connectivity index (χ3v) is 5.86. The molecule has 0 aromatic carbocycles. The first-order valence-electron chi connectivity index (χ1n) is 8.15. The summed E-state index contributed by atoms with van der Waals surface area (Å²) in [5, 5.41) is 3.05. The minimum absolute atomic E-state index is 0.0189. The second kappa shape index (κ2) is 7.63. The van der Waals surface area contributed by atoms with Crippen LogP contribution in [0.2, 0.25) is 0 Å². The van der Waals surface area contributed by atoms with Crippen LogP contribution in [-0.4, -0.2) is 87.2 Å². The topological polar surface area (TPSA) is 73.0 Å². The number of amides is 2. The SMILES string of the molecule is CC(NC(=O)N1CCCN(S(C)(=O)=O)CC1)C1=CCN(C)CC1. The lowest BCUT2D eigenvalue weighted by Gasteiger charge is -2.28. The van der Waals surface area contributed by atoms with Gasteiger partial charge in [0, 0.05) is 45.3 Å². The van der Waals surface area contributed by atoms with Gasteiger partial charge in [-0.15, -0.1) is 0 Å². The number of rotatable bonds is 3. The van der Waals surface area contributed by atoms with Gasteiger partial charge >= 0.3 is 6.03 Å². The number of nitrogens with zero attached hydrogens (tertiary/aromatic N) is 3. The molecule has 2 heterocycles. The van der Waals surface area contributed by atoms with Crippen LogP contribution in [-0.2, 0) is 10.0 Å². The number of sulfonamides is 1. The second-order valence-corrected chi connectivity index (χ2v) is 8.45. The van der Waals surface area contributed by atoms with Crippen LogP contribution in [0.3, 0.4) is 0 Å². The van der Waals surface area contributed by atoms with Crippen molar-refractivity contribution in [2.24, 2.45) is 0 Å². The van der Waals surface area contributed by atoms with Crippen LogP contribution in [0.4, 0.5) is 4.79 Å². The van der Waals surface area contributed by atoms with Gasteiger partial charge < -0.3 is 15.1 Å². The average Bonchev–Trinajstić information content (AvgIpc) is 2.73. The molecule has 1 saturated heterocycles. The van der Waals surface area contributed by atoms with E-state index in [9.17, 15) is 13.2 Å². The zero-order valence-corrected chi connectivity index (χ0v) is 15.1. The quantitative estimate of drug-likeness (QED) is 0.748. The van der Waals surface area contributed by atoms with Gasteiger partial charge in [-0.25, -0.2) is 17.5 Å². The smallest absolute Gasteiger partial charge is 0.317 e. The number of hydrogen-bond acceptors (Lipinski definition) is 4. The first kappa shape index (κ1) is 18.2. The summed E-state index contributed by atoms with van der Waals surface area (Å²) < 4.78 is 24.7. The zero-order chi connectivity index (χ0) is 17.0. The minimum Gasteiger partial charge on any atom is -0.332 e. The van der Waals surface area contributed by atoms with Gasteiger partial charge in [-0.2, -0.15) is 0 Å². The summed E-state index contributed by atoms with van der Waals surface area (Å²) in [4.78, 5) is 16.4. The number of carbonyl (C=O) groups is 1. The molecule has 7 nitrogen and oxygen atoms in total. The van der Waals surface area contributed by atoms with Crippen molar-refractivity contribution in [2.75, 3.05) is 52.6 Å². The van der Waals surface area contributed by atoms with Gasteiger partial charge in [0.1, 0.15) is 0 Å². The molecule has 1 fully saturated rings. The Kier molecular flexibility index (Phi) is 6.05. The van der Waals surface area contributed by atoms with Gasteiger partial charge in [0.05, 0.1) is 6.26 Å². The van der Waals surface area contributed by atoms with Crippen LogP contribution in [0, 0.1) is 0 Å². The van der Waals surface area contributed by atoms with E-state index in [-0.39, 0.29) is 12.1 Å². The summed E-state index contributed by atoms with van der Waals surface area (Å²) in [6.07, 6.45) is 5.04. The van der Waals surface area contributed by atoms with E-state index < -0.39 is 10.0 Å². The summed E-state index contributed by atoms with van der Waals surface area (Å²) in [6, 6.07) is -0.0851. The molecule has 1 unspecified atom stereocenters. The van der Waals surface area contributed by atoms with Gasteiger partial charge in [-0.3, -0.25) is 0 Å². The van der Waals surface area contributed by atoms with Crippen molar-refractivity contribution in [3.05, 3.63) is 11.6 Å². The predicted molar refractivity (Wildman–Crippen MR) is 90.8 cm³/mol. The zero-order valence-electron chi connectivity index (χ0n) is 14.3. The van der Waals surface area contributed by atoms with E-state index in [1.165, 1.54) is 16.1 Å². The van der Waals surface area contributed by atoms with Gasteiger partial charge in [-0.05, 0) is 32.4 Å². The molecule has 0 radical (unpaired) electrons. The monoisotopic (exact) mass is 344 g/mol. The third kappa shape index (κ3) is 5.19. The lowest BCUT2D eigenvalue weighted by Crippen LogP contribution is -2.46. The van der Waals surface area contributed by atoms with Crippen molar-refractivity contribution in [1.82, 2.24) is 19.4 Å². The molecule has 0 spiro atoms. The standard InChI is InChI=1S/C15H28N4O3S/c1-13(14-5-9-17(2)10-6-14)16-15(20)18-7-4-8-19(12-11-18)23(3,21)22/h5,13H,4,6-12H2,1-3H3,(H,16,20). The number of urea groups is 1. The van der Waals surface area contributed by atoms with E-state index in [1.54, 1.807) is 4.90 Å². The maximum atomic E-state index is 12.4. The highest BCUT2D eigenvalue weighted by Gasteiger charge is 2.25. The third-order valence-electron chi connectivity index (χ3n) is 4.55. The van der Waals surface area contributed by atoms with E-state index in [2.05, 4.69) is 23.3 Å². The van der Waals surface area contributed by atoms with Crippen molar-refractivity contribution in [2.45, 2.75) is 25.8 Å². The molecule has 2 amide bonds. The normalized spacial score (nSPS) is 23.1. The van der Waals surface area contributed by atoms with Crippen LogP contribution in [0.15, 0.2) is 11.6 Å². The first-order chi connectivity index (χ1) is 10.8. The van der Waals surface area contributed by atoms with Crippen molar-refractivity contribution in [1.29, 1.82) is 0 Å². The molecule has 1 N–H and O–H groups in total. The summed E-state index contributed by atoms with van der Waals surface area (Å²) >= 11 is 0. The lowest BCUT2D eigenvalue weighted by molar-refractivity contribution is 0.198. The minimum atomic E-state index is -3.18. The van der Waals surface area contributed by atoms with Crippen molar-refractivity contribution >= 4 is 16.1 Å². The summed E-state index contributed by atoms with van der Waals surface area (Å²) in [7, 11) is -1.10. The van der Waals surface area contributed by atoms with Gasteiger partial charge in [-0.1, -0.05) is 6.08 Å². The Bertz CT molecular complexity index is 561. The number of hydrogen-bond donors (Lipinski definition) is 1. The number of likely N-dealkylation sites (N-methyl/N-ethyl adjacent to an activating group) is 1. The Labute approximate surface area is 139 Å².